The lowest BCUT2D eigenvalue weighted by atomic mass is 10.1. The third-order valence-corrected chi connectivity index (χ3v) is 5.02. The van der Waals surface area contributed by atoms with Crippen molar-refractivity contribution in [2.45, 2.75) is 39.9 Å². The highest BCUT2D eigenvalue weighted by molar-refractivity contribution is 7.12. The average molecular weight is 353 g/mol. The van der Waals surface area contributed by atoms with Crippen molar-refractivity contribution in [1.29, 1.82) is 0 Å². The predicted molar refractivity (Wildman–Crippen MR) is 102 cm³/mol. The van der Waals surface area contributed by atoms with Gasteiger partial charge in [-0.15, -0.1) is 11.3 Å². The Morgan fingerprint density at radius 3 is 2.80 bits per heavy atom. The van der Waals surface area contributed by atoms with Gasteiger partial charge in [-0.05, 0) is 37.8 Å². The maximum atomic E-state index is 12.8. The van der Waals surface area contributed by atoms with Crippen LogP contribution in [0.15, 0.2) is 54.2 Å². The molecule has 1 amide bonds. The van der Waals surface area contributed by atoms with Gasteiger partial charge in [-0.1, -0.05) is 35.9 Å². The molecule has 0 atom stereocenters. The quantitative estimate of drug-likeness (QED) is 0.661. The van der Waals surface area contributed by atoms with Crippen molar-refractivity contribution in [2.75, 3.05) is 0 Å². The van der Waals surface area contributed by atoms with Crippen molar-refractivity contribution in [3.63, 3.8) is 0 Å². The van der Waals surface area contributed by atoms with Gasteiger partial charge in [0, 0.05) is 25.0 Å². The fourth-order valence-corrected chi connectivity index (χ4v) is 3.50. The number of nitrogens with zero attached hydrogens (tertiary/aromatic N) is 3. The standard InChI is InChI=1S/C20H23N3OS/c1-15(2)23(20(24)18-8-5-11-25-18)14-19-21-9-10-22(19)13-17-7-4-6-16(3)12-17/h4-12,15H,13-14H2,1-3H3. The van der Waals surface area contributed by atoms with Gasteiger partial charge in [0.05, 0.1) is 11.4 Å². The molecular weight excluding hydrogens is 330 g/mol. The highest BCUT2D eigenvalue weighted by Crippen LogP contribution is 2.17. The number of rotatable bonds is 6. The highest BCUT2D eigenvalue weighted by atomic mass is 32.1. The number of thiophene rings is 1. The predicted octanol–water partition coefficient (Wildman–Crippen LogP) is 4.35. The monoisotopic (exact) mass is 353 g/mol. The molecule has 3 rings (SSSR count). The summed E-state index contributed by atoms with van der Waals surface area (Å²) in [6.45, 7) is 7.44. The smallest absolute Gasteiger partial charge is 0.264 e. The first-order valence-electron chi connectivity index (χ1n) is 8.44. The van der Waals surface area contributed by atoms with Crippen molar-refractivity contribution >= 4 is 17.2 Å². The van der Waals surface area contributed by atoms with Crippen LogP contribution in [0.5, 0.6) is 0 Å². The van der Waals surface area contributed by atoms with E-state index in [9.17, 15) is 4.79 Å². The van der Waals surface area contributed by atoms with Gasteiger partial charge >= 0.3 is 0 Å². The second kappa shape index (κ2) is 7.66. The molecule has 0 aliphatic rings. The summed E-state index contributed by atoms with van der Waals surface area (Å²) in [4.78, 5) is 19.9. The average Bonchev–Trinajstić information content (AvgIpc) is 3.24. The van der Waals surface area contributed by atoms with E-state index in [4.69, 9.17) is 0 Å². The van der Waals surface area contributed by atoms with Crippen LogP contribution in [-0.4, -0.2) is 26.4 Å². The summed E-state index contributed by atoms with van der Waals surface area (Å²) in [6, 6.07) is 12.4. The van der Waals surface area contributed by atoms with Gasteiger partial charge in [0.25, 0.3) is 5.91 Å². The van der Waals surface area contributed by atoms with Crippen molar-refractivity contribution in [1.82, 2.24) is 14.5 Å². The maximum Gasteiger partial charge on any atom is 0.264 e. The summed E-state index contributed by atoms with van der Waals surface area (Å²) in [5.41, 5.74) is 2.48. The molecule has 5 heteroatoms. The number of carbonyl (C=O) groups is 1. The van der Waals surface area contributed by atoms with E-state index < -0.39 is 0 Å². The van der Waals surface area contributed by atoms with Crippen molar-refractivity contribution in [3.05, 3.63) is 76.0 Å². The van der Waals surface area contributed by atoms with Gasteiger partial charge < -0.3 is 9.47 Å². The molecule has 0 aliphatic heterocycles. The first-order valence-corrected chi connectivity index (χ1v) is 9.32. The van der Waals surface area contributed by atoms with Crippen LogP contribution in [0.4, 0.5) is 0 Å². The van der Waals surface area contributed by atoms with E-state index in [2.05, 4.69) is 40.7 Å². The Morgan fingerprint density at radius 1 is 1.28 bits per heavy atom. The number of aromatic nitrogens is 2. The van der Waals surface area contributed by atoms with Crippen LogP contribution in [0, 0.1) is 6.92 Å². The van der Waals surface area contributed by atoms with Crippen LogP contribution in [-0.2, 0) is 13.1 Å². The molecule has 1 aromatic carbocycles. The number of benzene rings is 1. The first kappa shape index (κ1) is 17.4. The van der Waals surface area contributed by atoms with E-state index in [1.807, 2.05) is 42.5 Å². The summed E-state index contributed by atoms with van der Waals surface area (Å²) in [6.07, 6.45) is 3.78. The molecule has 4 nitrogen and oxygen atoms in total. The molecule has 0 spiro atoms. The zero-order valence-electron chi connectivity index (χ0n) is 14.8. The Balaban J connectivity index is 1.80. The van der Waals surface area contributed by atoms with Gasteiger partial charge in [-0.2, -0.15) is 0 Å². The minimum absolute atomic E-state index is 0.0649. The van der Waals surface area contributed by atoms with Crippen LogP contribution in [0.2, 0.25) is 0 Å². The third-order valence-electron chi connectivity index (χ3n) is 4.17. The summed E-state index contributed by atoms with van der Waals surface area (Å²) in [7, 11) is 0. The van der Waals surface area contributed by atoms with E-state index in [1.165, 1.54) is 22.5 Å². The minimum atomic E-state index is 0.0649. The Kier molecular flexibility index (Phi) is 5.34. The van der Waals surface area contributed by atoms with Crippen molar-refractivity contribution in [2.24, 2.45) is 0 Å². The number of hydrogen-bond acceptors (Lipinski definition) is 3. The molecule has 2 aromatic heterocycles. The van der Waals surface area contributed by atoms with E-state index in [-0.39, 0.29) is 11.9 Å². The van der Waals surface area contributed by atoms with Crippen LogP contribution in [0.25, 0.3) is 0 Å². The number of hydrogen-bond donors (Lipinski definition) is 0. The van der Waals surface area contributed by atoms with Crippen LogP contribution < -0.4 is 0 Å². The fraction of sp³-hybridized carbons (Fsp3) is 0.300. The van der Waals surface area contributed by atoms with E-state index in [0.717, 1.165) is 17.2 Å². The molecule has 130 valence electrons. The summed E-state index contributed by atoms with van der Waals surface area (Å²) < 4.78 is 2.12. The van der Waals surface area contributed by atoms with Crippen LogP contribution in [0.3, 0.4) is 0 Å². The number of carbonyl (C=O) groups excluding carboxylic acids is 1. The molecule has 0 bridgehead atoms. The molecule has 3 aromatic rings. The second-order valence-electron chi connectivity index (χ2n) is 6.46. The van der Waals surface area contributed by atoms with E-state index in [0.29, 0.717) is 6.54 Å². The molecule has 0 saturated heterocycles. The van der Waals surface area contributed by atoms with Gasteiger partial charge in [-0.25, -0.2) is 4.98 Å². The molecule has 0 N–H and O–H groups in total. The topological polar surface area (TPSA) is 38.1 Å². The Morgan fingerprint density at radius 2 is 2.12 bits per heavy atom. The Bertz CT molecular complexity index is 836. The zero-order valence-corrected chi connectivity index (χ0v) is 15.7. The second-order valence-corrected chi connectivity index (χ2v) is 7.41. The van der Waals surface area contributed by atoms with Gasteiger partial charge in [0.2, 0.25) is 0 Å². The third kappa shape index (κ3) is 4.17. The lowest BCUT2D eigenvalue weighted by molar-refractivity contribution is 0.0688. The summed E-state index contributed by atoms with van der Waals surface area (Å²) >= 11 is 1.48. The molecule has 0 unspecified atom stereocenters. The lowest BCUT2D eigenvalue weighted by Crippen LogP contribution is -2.36. The number of aryl methyl sites for hydroxylation is 1. The summed E-state index contributed by atoms with van der Waals surface area (Å²) in [5.74, 6) is 0.968. The van der Waals surface area contributed by atoms with Crippen LogP contribution >= 0.6 is 11.3 Å². The Hall–Kier alpha value is -2.40. The van der Waals surface area contributed by atoms with Crippen molar-refractivity contribution < 1.29 is 4.79 Å². The molecule has 0 saturated carbocycles. The minimum Gasteiger partial charge on any atom is -0.329 e. The molecule has 0 fully saturated rings. The molecule has 25 heavy (non-hydrogen) atoms. The SMILES string of the molecule is Cc1cccc(Cn2ccnc2CN(C(=O)c2cccs2)C(C)C)c1. The summed E-state index contributed by atoms with van der Waals surface area (Å²) in [5, 5.41) is 1.93. The van der Waals surface area contributed by atoms with Gasteiger partial charge in [-0.3, -0.25) is 4.79 Å². The molecule has 0 radical (unpaired) electrons. The number of imidazole rings is 1. The first-order chi connectivity index (χ1) is 12.0. The molecule has 0 aliphatic carbocycles. The molecule has 2 heterocycles. The number of amides is 1. The molecular formula is C20H23N3OS. The zero-order chi connectivity index (χ0) is 17.8. The van der Waals surface area contributed by atoms with Gasteiger partial charge in [0.1, 0.15) is 5.82 Å². The Labute approximate surface area is 152 Å². The van der Waals surface area contributed by atoms with Gasteiger partial charge in [0.15, 0.2) is 0 Å². The fourth-order valence-electron chi connectivity index (χ4n) is 2.83. The lowest BCUT2D eigenvalue weighted by Gasteiger charge is -2.26. The normalized spacial score (nSPS) is 11.0. The largest absolute Gasteiger partial charge is 0.329 e. The highest BCUT2D eigenvalue weighted by Gasteiger charge is 2.21. The van der Waals surface area contributed by atoms with Crippen molar-refractivity contribution in [3.8, 4) is 0 Å². The maximum absolute atomic E-state index is 12.8. The van der Waals surface area contributed by atoms with E-state index in [1.54, 1.807) is 6.20 Å². The van der Waals surface area contributed by atoms with E-state index >= 15 is 0 Å². The van der Waals surface area contributed by atoms with Crippen LogP contribution in [0.1, 0.15) is 40.5 Å².